The van der Waals surface area contributed by atoms with Crippen LogP contribution in [0.5, 0.6) is 0 Å². The van der Waals surface area contributed by atoms with Crippen LogP contribution in [0.3, 0.4) is 0 Å². The van der Waals surface area contributed by atoms with E-state index in [-0.39, 0.29) is 30.3 Å². The number of carbonyl (C=O) groups is 3. The summed E-state index contributed by atoms with van der Waals surface area (Å²) in [5.74, 6) is -3.59. The van der Waals surface area contributed by atoms with Crippen molar-refractivity contribution in [3.05, 3.63) is 80.4 Å². The standard InChI is InChI=1S/C31H30F2N4O5S3/c32-24-3-1-19(15-25(24)33)22-14-23(44-18-22)16-27-29(39)37(31(43)45-27)7-5-28(38)35-26-4-2-20(30(40)41)13-21(26)17-34-6-8-36-9-11-42-12-10-36/h1-4,13-16,18,34H,5-12,17H2,(H,35,38)(H,40,41)/b27-16-. The summed E-state index contributed by atoms with van der Waals surface area (Å²) in [4.78, 5) is 42.4. The maximum atomic E-state index is 13.7. The molecule has 0 bridgehead atoms. The van der Waals surface area contributed by atoms with Crippen LogP contribution >= 0.6 is 35.3 Å². The van der Waals surface area contributed by atoms with Crippen molar-refractivity contribution < 1.29 is 33.0 Å². The summed E-state index contributed by atoms with van der Waals surface area (Å²) >= 11 is 7.89. The average Bonchev–Trinajstić information content (AvgIpc) is 3.60. The van der Waals surface area contributed by atoms with Crippen LogP contribution in [0.2, 0.25) is 0 Å². The summed E-state index contributed by atoms with van der Waals surface area (Å²) in [6.07, 6.45) is 1.67. The normalized spacial score (nSPS) is 16.5. The molecule has 1 aromatic heterocycles. The molecule has 2 fully saturated rings. The number of thiophene rings is 1. The second-order valence-corrected chi connectivity index (χ2v) is 12.9. The van der Waals surface area contributed by atoms with E-state index in [4.69, 9.17) is 17.0 Å². The Hall–Kier alpha value is -3.53. The first-order valence-electron chi connectivity index (χ1n) is 14.1. The molecule has 0 saturated carbocycles. The van der Waals surface area contributed by atoms with Crippen LogP contribution in [0.25, 0.3) is 17.2 Å². The molecule has 0 atom stereocenters. The topological polar surface area (TPSA) is 111 Å². The van der Waals surface area contributed by atoms with Gasteiger partial charge in [-0.15, -0.1) is 11.3 Å². The van der Waals surface area contributed by atoms with Crippen LogP contribution in [-0.4, -0.2) is 82.9 Å². The second-order valence-electron chi connectivity index (χ2n) is 10.3. The van der Waals surface area contributed by atoms with E-state index in [0.717, 1.165) is 48.4 Å². The number of carbonyl (C=O) groups excluding carboxylic acids is 2. The molecule has 5 rings (SSSR count). The van der Waals surface area contributed by atoms with Crippen LogP contribution in [0.1, 0.15) is 27.2 Å². The first kappa shape index (κ1) is 32.9. The van der Waals surface area contributed by atoms with E-state index in [9.17, 15) is 28.3 Å². The van der Waals surface area contributed by atoms with Crippen molar-refractivity contribution in [3.8, 4) is 11.1 Å². The molecular weight excluding hydrogens is 643 g/mol. The Morgan fingerprint density at radius 3 is 2.60 bits per heavy atom. The Balaban J connectivity index is 1.17. The van der Waals surface area contributed by atoms with E-state index in [1.165, 1.54) is 34.4 Å². The number of benzene rings is 2. The lowest BCUT2D eigenvalue weighted by atomic mass is 10.1. The minimum absolute atomic E-state index is 0.0242. The molecule has 2 saturated heterocycles. The van der Waals surface area contributed by atoms with Gasteiger partial charge in [0, 0.05) is 56.3 Å². The number of halogens is 2. The molecule has 3 aromatic rings. The monoisotopic (exact) mass is 672 g/mol. The number of thiocarbonyl (C=S) groups is 1. The fraction of sp³-hybridized carbons (Fsp3) is 0.290. The van der Waals surface area contributed by atoms with Crippen LogP contribution in [-0.2, 0) is 20.9 Å². The molecule has 0 unspecified atom stereocenters. The van der Waals surface area contributed by atoms with E-state index in [0.29, 0.717) is 57.9 Å². The van der Waals surface area contributed by atoms with Gasteiger partial charge in [0.05, 0.1) is 23.7 Å². The van der Waals surface area contributed by atoms with Crippen molar-refractivity contribution in [2.24, 2.45) is 0 Å². The Labute approximate surface area is 272 Å². The van der Waals surface area contributed by atoms with Crippen molar-refractivity contribution in [1.82, 2.24) is 15.1 Å². The third kappa shape index (κ3) is 8.60. The van der Waals surface area contributed by atoms with Crippen LogP contribution in [0.4, 0.5) is 14.5 Å². The number of nitrogens with zero attached hydrogens (tertiary/aromatic N) is 2. The Bertz CT molecular complexity index is 1640. The SMILES string of the molecule is O=C(CCN1C(=O)/C(=C/c2cc(-c3ccc(F)c(F)c3)cs2)SC1=S)Nc1ccc(C(=O)O)cc1CNCCN1CCOCC1. The predicted molar refractivity (Wildman–Crippen MR) is 175 cm³/mol. The van der Waals surface area contributed by atoms with Gasteiger partial charge in [0.15, 0.2) is 11.6 Å². The predicted octanol–water partition coefficient (Wildman–Crippen LogP) is 5.04. The number of hydrogen-bond acceptors (Lipinski definition) is 9. The zero-order valence-corrected chi connectivity index (χ0v) is 26.5. The van der Waals surface area contributed by atoms with Crippen molar-refractivity contribution in [2.45, 2.75) is 13.0 Å². The summed E-state index contributed by atoms with van der Waals surface area (Å²) in [7, 11) is 0. The lowest BCUT2D eigenvalue weighted by molar-refractivity contribution is -0.122. The largest absolute Gasteiger partial charge is 0.478 e. The van der Waals surface area contributed by atoms with E-state index in [1.807, 2.05) is 0 Å². The Morgan fingerprint density at radius 1 is 1.04 bits per heavy atom. The molecule has 2 amide bonds. The summed E-state index contributed by atoms with van der Waals surface area (Å²) < 4.78 is 32.7. The quantitative estimate of drug-likeness (QED) is 0.138. The molecule has 236 valence electrons. The first-order chi connectivity index (χ1) is 21.7. The smallest absolute Gasteiger partial charge is 0.335 e. The Kier molecular flexibility index (Phi) is 11.1. The van der Waals surface area contributed by atoms with Gasteiger partial charge in [-0.25, -0.2) is 13.6 Å². The zero-order valence-electron chi connectivity index (χ0n) is 24.0. The highest BCUT2D eigenvalue weighted by atomic mass is 32.2. The average molecular weight is 673 g/mol. The number of ether oxygens (including phenoxy) is 1. The number of amides is 2. The number of hydrogen-bond donors (Lipinski definition) is 3. The van der Waals surface area contributed by atoms with Gasteiger partial charge < -0.3 is 20.5 Å². The molecule has 45 heavy (non-hydrogen) atoms. The molecular formula is C31H30F2N4O5S3. The fourth-order valence-corrected chi connectivity index (χ4v) is 7.01. The molecule has 3 heterocycles. The number of aromatic carboxylic acids is 1. The number of carboxylic acid groups (broad SMARTS) is 1. The minimum Gasteiger partial charge on any atom is -0.478 e. The van der Waals surface area contributed by atoms with Crippen molar-refractivity contribution in [3.63, 3.8) is 0 Å². The van der Waals surface area contributed by atoms with Crippen LogP contribution in [0, 0.1) is 11.6 Å². The fourth-order valence-electron chi connectivity index (χ4n) is 4.78. The summed E-state index contributed by atoms with van der Waals surface area (Å²) in [5.41, 5.74) is 2.46. The lowest BCUT2D eigenvalue weighted by Crippen LogP contribution is -2.40. The van der Waals surface area contributed by atoms with E-state index in [2.05, 4.69) is 15.5 Å². The molecule has 0 aliphatic carbocycles. The number of rotatable bonds is 12. The molecule has 14 heteroatoms. The lowest BCUT2D eigenvalue weighted by Gasteiger charge is -2.26. The first-order valence-corrected chi connectivity index (χ1v) is 16.2. The molecule has 3 N–H and O–H groups in total. The van der Waals surface area contributed by atoms with E-state index in [1.54, 1.807) is 23.6 Å². The van der Waals surface area contributed by atoms with Gasteiger partial charge in [-0.1, -0.05) is 30.0 Å². The number of thioether (sulfide) groups is 1. The highest BCUT2D eigenvalue weighted by Crippen LogP contribution is 2.35. The third-order valence-electron chi connectivity index (χ3n) is 7.23. The van der Waals surface area contributed by atoms with Gasteiger partial charge in [-0.05, 0) is 64.5 Å². The van der Waals surface area contributed by atoms with Gasteiger partial charge in [-0.3, -0.25) is 19.4 Å². The highest BCUT2D eigenvalue weighted by Gasteiger charge is 2.32. The summed E-state index contributed by atoms with van der Waals surface area (Å²) in [5, 5.41) is 17.4. The molecule has 2 aliphatic heterocycles. The maximum Gasteiger partial charge on any atom is 0.335 e. The molecule has 2 aromatic carbocycles. The van der Waals surface area contributed by atoms with Crippen LogP contribution in [0.15, 0.2) is 52.7 Å². The zero-order chi connectivity index (χ0) is 31.9. The maximum absolute atomic E-state index is 13.7. The molecule has 9 nitrogen and oxygen atoms in total. The second kappa shape index (κ2) is 15.2. The number of anilines is 1. The number of nitrogens with one attached hydrogen (secondary N) is 2. The summed E-state index contributed by atoms with van der Waals surface area (Å²) in [6, 6.07) is 10.00. The van der Waals surface area contributed by atoms with Crippen molar-refractivity contribution in [2.75, 3.05) is 51.3 Å². The van der Waals surface area contributed by atoms with Gasteiger partial charge in [0.25, 0.3) is 5.91 Å². The highest BCUT2D eigenvalue weighted by molar-refractivity contribution is 8.26. The van der Waals surface area contributed by atoms with Crippen molar-refractivity contribution in [1.29, 1.82) is 0 Å². The van der Waals surface area contributed by atoms with Gasteiger partial charge in [0.1, 0.15) is 4.32 Å². The number of carboxylic acids is 1. The van der Waals surface area contributed by atoms with Crippen molar-refractivity contribution >= 4 is 69.2 Å². The third-order valence-corrected chi connectivity index (χ3v) is 9.49. The molecule has 2 aliphatic rings. The van der Waals surface area contributed by atoms with Crippen LogP contribution < -0.4 is 10.6 Å². The van der Waals surface area contributed by atoms with Gasteiger partial charge >= 0.3 is 5.97 Å². The summed E-state index contributed by atoms with van der Waals surface area (Å²) in [6.45, 7) is 5.08. The van der Waals surface area contributed by atoms with E-state index < -0.39 is 17.6 Å². The molecule has 0 spiro atoms. The molecule has 0 radical (unpaired) electrons. The van der Waals surface area contributed by atoms with Gasteiger partial charge in [-0.2, -0.15) is 0 Å². The van der Waals surface area contributed by atoms with Gasteiger partial charge in [0.2, 0.25) is 5.91 Å². The number of morpholine rings is 1. The minimum atomic E-state index is -1.06. The Morgan fingerprint density at radius 2 is 1.84 bits per heavy atom. The van der Waals surface area contributed by atoms with E-state index >= 15 is 0 Å².